The van der Waals surface area contributed by atoms with Crippen molar-refractivity contribution in [1.29, 1.82) is 0 Å². The topological polar surface area (TPSA) is 74.7 Å². The van der Waals surface area contributed by atoms with Gasteiger partial charge in [0.05, 0.1) is 0 Å². The molecule has 0 unspecified atom stereocenters. The number of carboxylic acids is 1. The van der Waals surface area contributed by atoms with E-state index in [4.69, 9.17) is 0 Å². The maximum atomic E-state index is 12.4. The van der Waals surface area contributed by atoms with Crippen molar-refractivity contribution >= 4 is 17.8 Å². The number of carboxylic acid groups (broad SMARTS) is 1. The number of likely N-dealkylation sites (tertiary alicyclic amines) is 1. The Kier molecular flexibility index (Phi) is 3.70. The van der Waals surface area contributed by atoms with E-state index >= 15 is 0 Å². The Hall–Kier alpha value is -2.95. The van der Waals surface area contributed by atoms with E-state index in [2.05, 4.69) is 0 Å². The van der Waals surface area contributed by atoms with Crippen molar-refractivity contribution in [3.63, 3.8) is 0 Å². The molecule has 0 spiro atoms. The van der Waals surface area contributed by atoms with Crippen LogP contribution >= 0.6 is 0 Å². The summed E-state index contributed by atoms with van der Waals surface area (Å²) in [6.07, 6.45) is 0.0705. The predicted molar refractivity (Wildman–Crippen MR) is 82.4 cm³/mol. The van der Waals surface area contributed by atoms with Gasteiger partial charge < -0.3 is 5.11 Å². The van der Waals surface area contributed by atoms with Crippen molar-refractivity contribution in [2.75, 3.05) is 0 Å². The first-order chi connectivity index (χ1) is 11.1. The van der Waals surface area contributed by atoms with E-state index in [1.54, 1.807) is 60.7 Å². The van der Waals surface area contributed by atoms with Crippen LogP contribution in [-0.4, -0.2) is 27.8 Å². The van der Waals surface area contributed by atoms with E-state index in [1.165, 1.54) is 0 Å². The highest BCUT2D eigenvalue weighted by Crippen LogP contribution is 2.39. The van der Waals surface area contributed by atoms with Crippen molar-refractivity contribution in [2.24, 2.45) is 0 Å². The normalized spacial score (nSPS) is 15.0. The van der Waals surface area contributed by atoms with Gasteiger partial charge in [-0.25, -0.2) is 4.79 Å². The number of carbonyl (C=O) groups excluding carboxylic acids is 2. The third-order valence-corrected chi connectivity index (χ3v) is 4.08. The third kappa shape index (κ3) is 2.21. The van der Waals surface area contributed by atoms with Crippen LogP contribution in [0.3, 0.4) is 0 Å². The number of hydrogen-bond acceptors (Lipinski definition) is 3. The van der Waals surface area contributed by atoms with Crippen LogP contribution in [0.5, 0.6) is 0 Å². The molecule has 0 aromatic heterocycles. The van der Waals surface area contributed by atoms with Gasteiger partial charge in [0.15, 0.2) is 5.54 Å². The molecule has 0 radical (unpaired) electrons. The van der Waals surface area contributed by atoms with Gasteiger partial charge in [-0.05, 0) is 11.1 Å². The molecule has 1 N–H and O–H groups in total. The Balaban J connectivity index is 2.34. The highest BCUT2D eigenvalue weighted by molar-refractivity contribution is 6.07. The van der Waals surface area contributed by atoms with Gasteiger partial charge in [0.25, 0.3) is 0 Å². The Labute approximate surface area is 133 Å². The lowest BCUT2D eigenvalue weighted by Crippen LogP contribution is -2.55. The maximum absolute atomic E-state index is 12.4. The zero-order valence-corrected chi connectivity index (χ0v) is 12.3. The molecule has 2 aromatic carbocycles. The zero-order chi connectivity index (χ0) is 16.4. The Morgan fingerprint density at radius 3 is 1.57 bits per heavy atom. The molecule has 1 heterocycles. The van der Waals surface area contributed by atoms with E-state index < -0.39 is 23.3 Å². The average molecular weight is 309 g/mol. The quantitative estimate of drug-likeness (QED) is 0.878. The fraction of sp³-hybridized carbons (Fsp3) is 0.167. The van der Waals surface area contributed by atoms with Crippen LogP contribution in [0, 0.1) is 0 Å². The minimum atomic E-state index is -1.84. The molecule has 0 atom stereocenters. The number of hydrogen-bond donors (Lipinski definition) is 1. The molecule has 5 heteroatoms. The number of aliphatic carboxylic acids is 1. The number of benzene rings is 2. The summed E-state index contributed by atoms with van der Waals surface area (Å²) >= 11 is 0. The molecule has 1 saturated heterocycles. The monoisotopic (exact) mass is 309 g/mol. The van der Waals surface area contributed by atoms with Gasteiger partial charge in [0.1, 0.15) is 0 Å². The third-order valence-electron chi connectivity index (χ3n) is 4.08. The summed E-state index contributed by atoms with van der Waals surface area (Å²) in [5.41, 5.74) is -1.09. The largest absolute Gasteiger partial charge is 0.479 e. The standard InChI is InChI=1S/C18H15NO4/c20-15-11-12-16(21)19(15)18(17(22)23,13-7-3-1-4-8-13)14-9-5-2-6-10-14/h1-10H,11-12H2,(H,22,23). The number of rotatable bonds is 4. The minimum absolute atomic E-state index is 0.0352. The summed E-state index contributed by atoms with van der Waals surface area (Å²) in [4.78, 5) is 37.9. The number of imide groups is 1. The van der Waals surface area contributed by atoms with Crippen LogP contribution in [0.1, 0.15) is 24.0 Å². The van der Waals surface area contributed by atoms with Gasteiger partial charge in [0.2, 0.25) is 11.8 Å². The molecular weight excluding hydrogens is 294 g/mol. The van der Waals surface area contributed by atoms with Gasteiger partial charge in [-0.15, -0.1) is 0 Å². The molecule has 5 nitrogen and oxygen atoms in total. The lowest BCUT2D eigenvalue weighted by molar-refractivity contribution is -0.160. The van der Waals surface area contributed by atoms with Crippen LogP contribution in [0.25, 0.3) is 0 Å². The molecule has 23 heavy (non-hydrogen) atoms. The summed E-state index contributed by atoms with van der Waals surface area (Å²) in [5.74, 6) is -2.19. The number of nitrogens with zero attached hydrogens (tertiary/aromatic N) is 1. The first kappa shape index (κ1) is 15.0. The first-order valence-electron chi connectivity index (χ1n) is 7.29. The lowest BCUT2D eigenvalue weighted by atomic mass is 9.81. The Morgan fingerprint density at radius 1 is 0.826 bits per heavy atom. The van der Waals surface area contributed by atoms with Gasteiger partial charge in [0, 0.05) is 12.8 Å². The second-order valence-electron chi connectivity index (χ2n) is 5.37. The van der Waals surface area contributed by atoms with E-state index in [0.717, 1.165) is 4.90 Å². The van der Waals surface area contributed by atoms with E-state index in [9.17, 15) is 19.5 Å². The Bertz CT molecular complexity index is 700. The van der Waals surface area contributed by atoms with Crippen LogP contribution in [0.2, 0.25) is 0 Å². The second-order valence-corrected chi connectivity index (χ2v) is 5.37. The van der Waals surface area contributed by atoms with Gasteiger partial charge in [-0.1, -0.05) is 60.7 Å². The Morgan fingerprint density at radius 2 is 1.22 bits per heavy atom. The molecule has 1 fully saturated rings. The molecular formula is C18H15NO4. The molecule has 0 saturated carbocycles. The fourth-order valence-electron chi connectivity index (χ4n) is 3.08. The molecule has 0 aliphatic carbocycles. The molecule has 0 bridgehead atoms. The van der Waals surface area contributed by atoms with Crippen molar-refractivity contribution in [1.82, 2.24) is 4.90 Å². The maximum Gasteiger partial charge on any atom is 0.339 e. The summed E-state index contributed by atoms with van der Waals surface area (Å²) in [7, 11) is 0. The van der Waals surface area contributed by atoms with Crippen molar-refractivity contribution < 1.29 is 19.5 Å². The van der Waals surface area contributed by atoms with Crippen LogP contribution in [0.4, 0.5) is 0 Å². The van der Waals surface area contributed by atoms with Crippen molar-refractivity contribution in [3.8, 4) is 0 Å². The highest BCUT2D eigenvalue weighted by atomic mass is 16.4. The smallest absolute Gasteiger partial charge is 0.339 e. The van der Waals surface area contributed by atoms with E-state index in [1.807, 2.05) is 0 Å². The van der Waals surface area contributed by atoms with Crippen molar-refractivity contribution in [3.05, 3.63) is 71.8 Å². The predicted octanol–water partition coefficient (Wildman–Crippen LogP) is 2.16. The summed E-state index contributed by atoms with van der Waals surface area (Å²) in [6.45, 7) is 0. The van der Waals surface area contributed by atoms with Gasteiger partial charge >= 0.3 is 5.97 Å². The minimum Gasteiger partial charge on any atom is -0.479 e. The van der Waals surface area contributed by atoms with Crippen LogP contribution in [0.15, 0.2) is 60.7 Å². The summed E-state index contributed by atoms with van der Waals surface area (Å²) in [5, 5.41) is 10.1. The van der Waals surface area contributed by atoms with Gasteiger partial charge in [-0.2, -0.15) is 0 Å². The zero-order valence-electron chi connectivity index (χ0n) is 12.3. The lowest BCUT2D eigenvalue weighted by Gasteiger charge is -2.37. The molecule has 1 aliphatic heterocycles. The second kappa shape index (κ2) is 5.68. The molecule has 1 aliphatic rings. The van der Waals surface area contributed by atoms with E-state index in [0.29, 0.717) is 11.1 Å². The summed E-state index contributed by atoms with van der Waals surface area (Å²) in [6, 6.07) is 16.8. The molecule has 2 aromatic rings. The van der Waals surface area contributed by atoms with E-state index in [-0.39, 0.29) is 12.8 Å². The molecule has 2 amide bonds. The average Bonchev–Trinajstić information content (AvgIpc) is 2.90. The fourth-order valence-corrected chi connectivity index (χ4v) is 3.08. The SMILES string of the molecule is O=C1CCC(=O)N1C(C(=O)O)(c1ccccc1)c1ccccc1. The molecule has 116 valence electrons. The highest BCUT2D eigenvalue weighted by Gasteiger charge is 2.54. The number of amides is 2. The van der Waals surface area contributed by atoms with Crippen molar-refractivity contribution in [2.45, 2.75) is 18.4 Å². The van der Waals surface area contributed by atoms with Crippen LogP contribution < -0.4 is 0 Å². The first-order valence-corrected chi connectivity index (χ1v) is 7.29. The number of carbonyl (C=O) groups is 3. The van der Waals surface area contributed by atoms with Crippen LogP contribution in [-0.2, 0) is 19.9 Å². The van der Waals surface area contributed by atoms with Gasteiger partial charge in [-0.3, -0.25) is 14.5 Å². The molecule has 3 rings (SSSR count). The summed E-state index contributed by atoms with van der Waals surface area (Å²) < 4.78 is 0.